The van der Waals surface area contributed by atoms with Crippen LogP contribution in [-0.4, -0.2) is 58.3 Å². The zero-order valence-electron chi connectivity index (χ0n) is 26.4. The summed E-state index contributed by atoms with van der Waals surface area (Å²) in [5, 5.41) is 3.25. The maximum absolute atomic E-state index is 15.3. The molecule has 1 aliphatic heterocycles. The van der Waals surface area contributed by atoms with Crippen LogP contribution in [0.3, 0.4) is 0 Å². The molecule has 0 unspecified atom stereocenters. The monoisotopic (exact) mass is 643 g/mol. The van der Waals surface area contributed by atoms with Crippen LogP contribution in [0.15, 0.2) is 71.7 Å². The molecule has 0 bridgehead atoms. The third-order valence-electron chi connectivity index (χ3n) is 8.26. The second kappa shape index (κ2) is 13.6. The van der Waals surface area contributed by atoms with Crippen LogP contribution in [-0.2, 0) is 7.05 Å². The smallest absolute Gasteiger partial charge is 0.333 e. The van der Waals surface area contributed by atoms with Crippen molar-refractivity contribution < 1.29 is 27.8 Å². The lowest BCUT2D eigenvalue weighted by Gasteiger charge is -2.16. The van der Waals surface area contributed by atoms with Crippen molar-refractivity contribution in [2.24, 2.45) is 7.05 Å². The van der Waals surface area contributed by atoms with Gasteiger partial charge in [0.25, 0.3) is 5.91 Å². The fourth-order valence-corrected chi connectivity index (χ4v) is 5.88. The van der Waals surface area contributed by atoms with Gasteiger partial charge in [-0.1, -0.05) is 0 Å². The van der Waals surface area contributed by atoms with Gasteiger partial charge in [-0.05, 0) is 87.8 Å². The number of likely N-dealkylation sites (tertiary alicyclic amines) is 1. The molecule has 12 heteroatoms. The number of anilines is 1. The van der Waals surface area contributed by atoms with E-state index in [-0.39, 0.29) is 17.1 Å². The molecule has 1 aliphatic rings. The van der Waals surface area contributed by atoms with Gasteiger partial charge in [0.2, 0.25) is 0 Å². The Morgan fingerprint density at radius 3 is 2.45 bits per heavy atom. The molecule has 1 amide bonds. The number of hydrogen-bond donors (Lipinski definition) is 1. The van der Waals surface area contributed by atoms with Gasteiger partial charge in [-0.2, -0.15) is 0 Å². The number of carbonyl (C=O) groups excluding carboxylic acids is 1. The number of fused-ring (bicyclic) bond motifs is 1. The minimum atomic E-state index is -0.716. The molecule has 0 atom stereocenters. The fourth-order valence-electron chi connectivity index (χ4n) is 5.88. The summed E-state index contributed by atoms with van der Waals surface area (Å²) >= 11 is 0. The number of hydrogen-bond acceptors (Lipinski definition) is 7. The van der Waals surface area contributed by atoms with Gasteiger partial charge < -0.3 is 24.4 Å². The molecule has 0 saturated carbocycles. The summed E-state index contributed by atoms with van der Waals surface area (Å²) in [5.41, 5.74) is 1.11. The van der Waals surface area contributed by atoms with Crippen LogP contribution in [0.4, 0.5) is 14.5 Å². The Morgan fingerprint density at radius 2 is 1.72 bits per heavy atom. The van der Waals surface area contributed by atoms with E-state index in [1.807, 2.05) is 0 Å². The van der Waals surface area contributed by atoms with Crippen LogP contribution in [0.5, 0.6) is 23.0 Å². The van der Waals surface area contributed by atoms with E-state index in [1.165, 1.54) is 65.4 Å². The maximum atomic E-state index is 15.3. The van der Waals surface area contributed by atoms with E-state index in [4.69, 9.17) is 14.2 Å². The van der Waals surface area contributed by atoms with Gasteiger partial charge in [-0.15, -0.1) is 0 Å². The molecule has 3 heterocycles. The topological polar surface area (TPSA) is 99.9 Å². The van der Waals surface area contributed by atoms with Gasteiger partial charge >= 0.3 is 5.69 Å². The summed E-state index contributed by atoms with van der Waals surface area (Å²) in [6.45, 7) is 5.42. The number of rotatable bonds is 11. The Kier molecular flexibility index (Phi) is 9.21. The predicted molar refractivity (Wildman–Crippen MR) is 174 cm³/mol. The van der Waals surface area contributed by atoms with Gasteiger partial charge in [-0.3, -0.25) is 18.9 Å². The lowest BCUT2D eigenvalue weighted by molar-refractivity contribution is 0.101. The minimum Gasteiger partial charge on any atom is -0.493 e. The van der Waals surface area contributed by atoms with E-state index in [1.54, 1.807) is 38.4 Å². The zero-order chi connectivity index (χ0) is 33.1. The molecular formula is C35H35F2N5O5. The molecule has 0 aliphatic carbocycles. The third-order valence-corrected chi connectivity index (χ3v) is 8.26. The van der Waals surface area contributed by atoms with E-state index >= 15 is 4.39 Å². The van der Waals surface area contributed by atoms with Crippen molar-refractivity contribution in [1.82, 2.24) is 19.0 Å². The number of methoxy groups -OCH3 is 1. The first kappa shape index (κ1) is 31.7. The molecule has 6 rings (SSSR count). The summed E-state index contributed by atoms with van der Waals surface area (Å²) in [5.74, 6) is -0.409. The van der Waals surface area contributed by atoms with Gasteiger partial charge in [-0.25, -0.2) is 13.6 Å². The van der Waals surface area contributed by atoms with Crippen LogP contribution in [0.1, 0.15) is 35.4 Å². The highest BCUT2D eigenvalue weighted by molar-refractivity contribution is 6.04. The molecule has 2 aromatic heterocycles. The van der Waals surface area contributed by atoms with Crippen LogP contribution >= 0.6 is 0 Å². The van der Waals surface area contributed by atoms with E-state index in [2.05, 4.69) is 15.2 Å². The molecule has 1 fully saturated rings. The normalized spacial score (nSPS) is 13.2. The number of ether oxygens (including phenoxy) is 3. The number of carbonyl (C=O) groups is 1. The number of nitrogens with one attached hydrogen (secondary N) is 1. The molecule has 244 valence electrons. The second-order valence-corrected chi connectivity index (χ2v) is 11.4. The second-order valence-electron chi connectivity index (χ2n) is 11.4. The Bertz CT molecular complexity index is 1980. The number of aromatic nitrogens is 3. The minimum absolute atomic E-state index is 0.0669. The molecule has 1 saturated heterocycles. The Labute approximate surface area is 270 Å². The molecule has 3 aromatic carbocycles. The lowest BCUT2D eigenvalue weighted by Crippen LogP contribution is -2.24. The zero-order valence-corrected chi connectivity index (χ0v) is 26.4. The molecular weight excluding hydrogens is 608 g/mol. The summed E-state index contributed by atoms with van der Waals surface area (Å²) in [4.78, 5) is 33.1. The SMILES string of the molecule is COc1cc2c(Oc3ccc(NC(=O)c4c(C)n(-c5ccc(F)cc5)c(=O)n4C)cc3F)ccnc2cc1OCCCN1CCCC1. The predicted octanol–water partition coefficient (Wildman–Crippen LogP) is 6.23. The van der Waals surface area contributed by atoms with Crippen molar-refractivity contribution in [2.75, 3.05) is 38.7 Å². The molecule has 5 aromatic rings. The fraction of sp³-hybridized carbons (Fsp3) is 0.286. The Balaban J connectivity index is 1.17. The number of imidazole rings is 1. The first-order chi connectivity index (χ1) is 22.7. The first-order valence-corrected chi connectivity index (χ1v) is 15.4. The van der Waals surface area contributed by atoms with Crippen molar-refractivity contribution in [1.29, 1.82) is 0 Å². The molecule has 0 spiro atoms. The summed E-state index contributed by atoms with van der Waals surface area (Å²) in [7, 11) is 3.01. The van der Waals surface area contributed by atoms with E-state index in [9.17, 15) is 14.0 Å². The Hall–Kier alpha value is -5.23. The average Bonchev–Trinajstić information content (AvgIpc) is 3.66. The van der Waals surface area contributed by atoms with Crippen molar-refractivity contribution >= 4 is 22.5 Å². The van der Waals surface area contributed by atoms with Crippen molar-refractivity contribution in [3.63, 3.8) is 0 Å². The van der Waals surface area contributed by atoms with Gasteiger partial charge in [0.15, 0.2) is 23.1 Å². The highest BCUT2D eigenvalue weighted by Crippen LogP contribution is 2.38. The maximum Gasteiger partial charge on any atom is 0.333 e. The van der Waals surface area contributed by atoms with Crippen molar-refractivity contribution in [3.8, 4) is 28.7 Å². The Morgan fingerprint density at radius 1 is 0.957 bits per heavy atom. The average molecular weight is 644 g/mol. The molecule has 1 N–H and O–H groups in total. The number of benzene rings is 3. The molecule has 10 nitrogen and oxygen atoms in total. The van der Waals surface area contributed by atoms with Crippen LogP contribution in [0, 0.1) is 18.6 Å². The van der Waals surface area contributed by atoms with Crippen LogP contribution in [0.2, 0.25) is 0 Å². The summed E-state index contributed by atoms with van der Waals surface area (Å²) in [6, 6.07) is 14.6. The number of amides is 1. The van der Waals surface area contributed by atoms with Crippen molar-refractivity contribution in [2.45, 2.75) is 26.2 Å². The quantitative estimate of drug-likeness (QED) is 0.171. The number of halogens is 2. The first-order valence-electron chi connectivity index (χ1n) is 15.4. The van der Waals surface area contributed by atoms with Gasteiger partial charge in [0.05, 0.1) is 30.6 Å². The summed E-state index contributed by atoms with van der Waals surface area (Å²) < 4.78 is 48.9. The number of nitrogens with zero attached hydrogens (tertiary/aromatic N) is 4. The van der Waals surface area contributed by atoms with E-state index < -0.39 is 23.2 Å². The highest BCUT2D eigenvalue weighted by atomic mass is 19.1. The third kappa shape index (κ3) is 6.68. The lowest BCUT2D eigenvalue weighted by atomic mass is 10.1. The highest BCUT2D eigenvalue weighted by Gasteiger charge is 2.22. The van der Waals surface area contributed by atoms with Gasteiger partial charge in [0, 0.05) is 43.0 Å². The van der Waals surface area contributed by atoms with Crippen LogP contribution < -0.4 is 25.2 Å². The van der Waals surface area contributed by atoms with Crippen molar-refractivity contribution in [3.05, 3.63) is 100 Å². The van der Waals surface area contributed by atoms with E-state index in [0.717, 1.165) is 32.1 Å². The molecule has 0 radical (unpaired) electrons. The van der Waals surface area contributed by atoms with Gasteiger partial charge in [0.1, 0.15) is 17.3 Å². The summed E-state index contributed by atoms with van der Waals surface area (Å²) in [6.07, 6.45) is 4.96. The van der Waals surface area contributed by atoms with E-state index in [0.29, 0.717) is 46.1 Å². The number of pyridine rings is 1. The molecule has 47 heavy (non-hydrogen) atoms. The van der Waals surface area contributed by atoms with Crippen LogP contribution in [0.25, 0.3) is 16.6 Å². The standard InChI is InChI=1S/C35H35F2N5O5/c1-22-33(40(2)35(44)42(22)25-10-7-23(36)8-11-25)34(43)39-24-9-12-30(27(37)19-24)47-29-13-14-38-28-21-32(31(45-3)20-26(28)29)46-18-6-17-41-15-4-5-16-41/h7-14,19-21H,4-6,15-18H2,1-3H3,(H,39,43). The largest absolute Gasteiger partial charge is 0.493 e.